The highest BCUT2D eigenvalue weighted by molar-refractivity contribution is 7.15. The summed E-state index contributed by atoms with van der Waals surface area (Å²) in [4.78, 5) is 30.5. The van der Waals surface area contributed by atoms with Crippen molar-refractivity contribution in [3.8, 4) is 6.07 Å². The number of hydrogen-bond donors (Lipinski definition) is 5. The number of carbonyl (C=O) groups excluding carboxylic acids is 2. The van der Waals surface area contributed by atoms with E-state index in [4.69, 9.17) is 11.3 Å². The van der Waals surface area contributed by atoms with E-state index in [1.54, 1.807) is 14.1 Å². The van der Waals surface area contributed by atoms with Crippen LogP contribution in [0, 0.1) is 22.7 Å². The van der Waals surface area contributed by atoms with Gasteiger partial charge in [0.25, 0.3) is 11.8 Å². The predicted octanol–water partition coefficient (Wildman–Crippen LogP) is 3.33. The molecule has 3 heterocycles. The van der Waals surface area contributed by atoms with Gasteiger partial charge in [0, 0.05) is 42.1 Å². The van der Waals surface area contributed by atoms with E-state index in [1.165, 1.54) is 22.7 Å². The number of nitrogens with two attached hydrogens (primary N) is 1. The minimum absolute atomic E-state index is 0.0564. The van der Waals surface area contributed by atoms with E-state index in [0.717, 1.165) is 33.0 Å². The third-order valence-electron chi connectivity index (χ3n) is 8.29. The lowest BCUT2D eigenvalue weighted by molar-refractivity contribution is 0.0959. The molecule has 0 bridgehead atoms. The fourth-order valence-electron chi connectivity index (χ4n) is 6.02. The summed E-state index contributed by atoms with van der Waals surface area (Å²) in [7, 11) is 3.18. The summed E-state index contributed by atoms with van der Waals surface area (Å²) in [5, 5.41) is 35.2. The maximum Gasteiger partial charge on any atom is 0.261 e. The number of hydrogen-bond acceptors (Lipinski definition) is 9. The van der Waals surface area contributed by atoms with Crippen LogP contribution < -0.4 is 21.8 Å². The number of fused-ring (bicyclic) bond motifs is 2. The molecule has 2 aliphatic rings. The van der Waals surface area contributed by atoms with E-state index in [1.807, 2.05) is 12.1 Å². The Hall–Kier alpha value is -3.60. The molecule has 2 unspecified atom stereocenters. The highest BCUT2D eigenvalue weighted by atomic mass is 32.1. The van der Waals surface area contributed by atoms with Crippen LogP contribution in [0.2, 0.25) is 0 Å². The van der Waals surface area contributed by atoms with E-state index in [-0.39, 0.29) is 29.7 Å². The van der Waals surface area contributed by atoms with Crippen LogP contribution in [0.5, 0.6) is 0 Å². The zero-order chi connectivity index (χ0) is 29.9. The molecule has 0 aromatic carbocycles. The van der Waals surface area contributed by atoms with Crippen molar-refractivity contribution in [1.82, 2.24) is 20.9 Å². The van der Waals surface area contributed by atoms with Crippen LogP contribution in [0.15, 0.2) is 34.7 Å². The highest BCUT2D eigenvalue weighted by Gasteiger charge is 2.46. The molecule has 218 valence electrons. The Kier molecular flexibility index (Phi) is 9.26. The lowest BCUT2D eigenvalue weighted by Gasteiger charge is -2.33. The highest BCUT2D eigenvalue weighted by Crippen LogP contribution is 2.48. The van der Waals surface area contributed by atoms with Gasteiger partial charge >= 0.3 is 0 Å². The van der Waals surface area contributed by atoms with Gasteiger partial charge in [0.1, 0.15) is 6.04 Å². The molecule has 0 radical (unpaired) electrons. The van der Waals surface area contributed by atoms with E-state index >= 15 is 0 Å². The van der Waals surface area contributed by atoms with Crippen LogP contribution in [0.25, 0.3) is 0 Å². The number of thiophene rings is 2. The molecule has 1 aliphatic heterocycles. The van der Waals surface area contributed by atoms with E-state index in [0.29, 0.717) is 48.0 Å². The Morgan fingerprint density at radius 1 is 1.17 bits per heavy atom. The Morgan fingerprint density at radius 2 is 1.73 bits per heavy atom. The number of likely N-dealkylation sites (tertiary alicyclic amines) is 1. The fraction of sp³-hybridized carbons (Fsp3) is 0.500. The van der Waals surface area contributed by atoms with Gasteiger partial charge in [-0.1, -0.05) is 18.7 Å². The third kappa shape index (κ3) is 5.51. The van der Waals surface area contributed by atoms with Gasteiger partial charge in [-0.25, -0.2) is 0 Å². The van der Waals surface area contributed by atoms with Crippen molar-refractivity contribution in [3.05, 3.63) is 55.0 Å². The number of aryl methyl sites for hydroxylation is 2. The van der Waals surface area contributed by atoms with Crippen molar-refractivity contribution in [1.29, 1.82) is 10.7 Å². The number of amides is 2. The molecular formula is C28H37N9O2S2. The molecule has 0 saturated carbocycles. The summed E-state index contributed by atoms with van der Waals surface area (Å²) in [5.74, 6) is 5.42. The number of amidine groups is 1. The molecule has 2 aromatic rings. The maximum atomic E-state index is 12.6. The molecule has 11 nitrogen and oxygen atoms in total. The first-order chi connectivity index (χ1) is 19.6. The van der Waals surface area contributed by atoms with Crippen molar-refractivity contribution >= 4 is 40.3 Å². The van der Waals surface area contributed by atoms with Gasteiger partial charge in [0.05, 0.1) is 21.2 Å². The first-order valence-electron chi connectivity index (χ1n) is 13.6. The van der Waals surface area contributed by atoms with Gasteiger partial charge in [-0.15, -0.1) is 27.8 Å². The van der Waals surface area contributed by atoms with Gasteiger partial charge in [0.15, 0.2) is 5.84 Å². The summed E-state index contributed by atoms with van der Waals surface area (Å²) in [6, 6.07) is 6.11. The monoisotopic (exact) mass is 595 g/mol. The molecule has 3 atom stereocenters. The Labute approximate surface area is 248 Å². The standard InChI is InChI=1S/C28H37N9O2S2/c1-15-10-18(13-29)37(17(15)3)16(2)14-34-9-8-28(27(30)35-36-31)19-11-23(25(38)32-4)40-21(19)6-7-22-20(28)12-24(41-22)26(39)33-5/h11-12,15,17-18,34H,2,6-10,14H2,1,3-5H3,(H,32,38)(H,33,39)(H3,30,31,35)/t15-,17?,18?/m0/s1. The van der Waals surface area contributed by atoms with Crippen molar-refractivity contribution in [2.45, 2.75) is 57.0 Å². The topological polar surface area (TPSA) is 172 Å². The van der Waals surface area contributed by atoms with Crippen LogP contribution in [-0.2, 0) is 18.3 Å². The number of rotatable bonds is 9. The quantitative estimate of drug-likeness (QED) is 0.0743. The average Bonchev–Trinajstić information content (AvgIpc) is 3.65. The van der Waals surface area contributed by atoms with Gasteiger partial charge < -0.3 is 26.7 Å². The zero-order valence-electron chi connectivity index (χ0n) is 23.8. The molecule has 1 fully saturated rings. The van der Waals surface area contributed by atoms with Crippen molar-refractivity contribution in [3.63, 3.8) is 0 Å². The van der Waals surface area contributed by atoms with Crippen LogP contribution in [0.1, 0.15) is 66.9 Å². The summed E-state index contributed by atoms with van der Waals surface area (Å²) in [6.07, 6.45) is 2.54. The molecule has 13 heteroatoms. The lowest BCUT2D eigenvalue weighted by atomic mass is 9.71. The average molecular weight is 596 g/mol. The van der Waals surface area contributed by atoms with Gasteiger partial charge in [0.2, 0.25) is 0 Å². The summed E-state index contributed by atoms with van der Waals surface area (Å²) in [5.41, 5.74) is 1.38. The predicted molar refractivity (Wildman–Crippen MR) is 161 cm³/mol. The molecule has 0 spiro atoms. The van der Waals surface area contributed by atoms with Crippen molar-refractivity contribution < 1.29 is 9.59 Å². The molecule has 2 aromatic heterocycles. The normalized spacial score (nSPS) is 21.0. The minimum atomic E-state index is -1.09. The second-order valence-corrected chi connectivity index (χ2v) is 12.8. The van der Waals surface area contributed by atoms with Gasteiger partial charge in [-0.2, -0.15) is 5.26 Å². The molecule has 41 heavy (non-hydrogen) atoms. The number of carbonyl (C=O) groups is 2. The third-order valence-corrected chi connectivity index (χ3v) is 10.7. The summed E-state index contributed by atoms with van der Waals surface area (Å²) < 4.78 is 0. The Bertz CT molecular complexity index is 1360. The second kappa shape index (κ2) is 12.5. The first-order valence-corrected chi connectivity index (χ1v) is 15.2. The van der Waals surface area contributed by atoms with E-state index < -0.39 is 5.41 Å². The molecular weight excluding hydrogens is 559 g/mol. The Balaban J connectivity index is 1.72. The first kappa shape index (κ1) is 30.4. The smallest absolute Gasteiger partial charge is 0.261 e. The minimum Gasteiger partial charge on any atom is -0.355 e. The number of nitrogens with one attached hydrogen (secondary N) is 4. The van der Waals surface area contributed by atoms with Crippen molar-refractivity contribution in [2.24, 2.45) is 22.1 Å². The van der Waals surface area contributed by atoms with Crippen LogP contribution in [-0.4, -0.2) is 61.8 Å². The molecule has 1 aliphatic carbocycles. The summed E-state index contributed by atoms with van der Waals surface area (Å²) >= 11 is 2.83. The fourth-order valence-corrected chi connectivity index (χ4v) is 8.39. The molecule has 4 rings (SSSR count). The van der Waals surface area contributed by atoms with E-state index in [9.17, 15) is 14.9 Å². The van der Waals surface area contributed by atoms with Crippen LogP contribution in [0.3, 0.4) is 0 Å². The van der Waals surface area contributed by atoms with Crippen molar-refractivity contribution in [2.75, 3.05) is 27.2 Å². The maximum absolute atomic E-state index is 12.6. The van der Waals surface area contributed by atoms with E-state index in [2.05, 4.69) is 57.7 Å². The lowest BCUT2D eigenvalue weighted by Crippen LogP contribution is -2.41. The number of nitriles is 1. The molecule has 2 amide bonds. The van der Waals surface area contributed by atoms with Crippen LogP contribution in [0.4, 0.5) is 0 Å². The van der Waals surface area contributed by atoms with Crippen LogP contribution >= 0.6 is 22.7 Å². The van der Waals surface area contributed by atoms with Gasteiger partial charge in [-0.05, 0) is 68.3 Å². The largest absolute Gasteiger partial charge is 0.355 e. The Morgan fingerprint density at radius 3 is 2.22 bits per heavy atom. The number of nitrogens with zero attached hydrogens (tertiary/aromatic N) is 4. The second-order valence-electron chi connectivity index (χ2n) is 10.5. The van der Waals surface area contributed by atoms with Gasteiger partial charge in [-0.3, -0.25) is 15.0 Å². The zero-order valence-corrected chi connectivity index (χ0v) is 25.5. The molecule has 6 N–H and O–H groups in total. The molecule has 1 saturated heterocycles. The SMILES string of the molecule is C=C(CNCCC1(C(=N)N=NN)c2cc(C(=O)NC)sc2CCc2sc(C(=O)NC)cc21)N1C(C#N)C[C@H](C)C1C. The summed E-state index contributed by atoms with van der Waals surface area (Å²) in [6.45, 7) is 9.48.